The van der Waals surface area contributed by atoms with Crippen LogP contribution in [0.1, 0.15) is 0 Å². The second kappa shape index (κ2) is 1.88. The summed E-state index contributed by atoms with van der Waals surface area (Å²) in [5.41, 5.74) is 0. The smallest absolute Gasteiger partial charge is 0.209 e. The van der Waals surface area contributed by atoms with Gasteiger partial charge in [-0.3, -0.25) is 0 Å². The molecule has 0 atom stereocenters. The van der Waals surface area contributed by atoms with Crippen LogP contribution in [0, 0.1) is 0 Å². The molecule has 0 saturated carbocycles. The lowest BCUT2D eigenvalue weighted by atomic mass is 10.6. The fourth-order valence-corrected chi connectivity index (χ4v) is 0.625. The number of aromatic hydroxyl groups is 1. The molecule has 0 aromatic carbocycles. The van der Waals surface area contributed by atoms with Gasteiger partial charge >= 0.3 is 0 Å². The normalized spacial score (nSPS) is 9.75. The molecule has 2 nitrogen and oxygen atoms in total. The fraction of sp³-hybridized carbons (Fsp3) is 0. The van der Waals surface area contributed by atoms with Gasteiger partial charge in [0, 0.05) is 6.20 Å². The zero-order valence-electron chi connectivity index (χ0n) is 3.78. The quantitative estimate of drug-likeness (QED) is 0.586. The summed E-state index contributed by atoms with van der Waals surface area (Å²) in [7, 11) is 0. The van der Waals surface area contributed by atoms with Crippen molar-refractivity contribution in [3.8, 4) is 5.88 Å². The molecule has 0 unspecified atom stereocenters. The third-order valence-electron chi connectivity index (χ3n) is 0.753. The molecule has 44 valence electrons. The molecule has 0 spiro atoms. The first kappa shape index (κ1) is 5.79. The third-order valence-corrected chi connectivity index (χ3v) is 1.53. The molecule has 0 aliphatic rings. The van der Waals surface area contributed by atoms with Crippen molar-refractivity contribution in [3.05, 3.63) is 16.2 Å². The van der Waals surface area contributed by atoms with Crippen LogP contribution in [0.3, 0.4) is 0 Å². The number of halogens is 2. The Labute approximate surface area is 56.0 Å². The summed E-state index contributed by atoms with van der Waals surface area (Å²) in [6.07, 6.45) is 1.42. The predicted octanol–water partition coefficient (Wildman–Crippen LogP) is 2.03. The van der Waals surface area contributed by atoms with Gasteiger partial charge in [-0.2, -0.15) is 0 Å². The van der Waals surface area contributed by atoms with E-state index in [1.807, 2.05) is 0 Å². The van der Waals surface area contributed by atoms with Gasteiger partial charge in [0.15, 0.2) is 0 Å². The highest BCUT2D eigenvalue weighted by Gasteiger charge is 2.02. The Morgan fingerprint density at radius 3 is 2.25 bits per heavy atom. The molecule has 0 aliphatic heterocycles. The standard InChI is InChI=1S/C4H3Cl2NO/c5-2-1-7-4(8)3(2)6/h1,7-8H. The van der Waals surface area contributed by atoms with Crippen molar-refractivity contribution in [1.82, 2.24) is 4.98 Å². The number of nitrogens with one attached hydrogen (secondary N) is 1. The van der Waals surface area contributed by atoms with E-state index in [0.29, 0.717) is 5.02 Å². The monoisotopic (exact) mass is 151 g/mol. The second-order valence-electron chi connectivity index (χ2n) is 1.30. The summed E-state index contributed by atoms with van der Waals surface area (Å²) in [6, 6.07) is 0. The van der Waals surface area contributed by atoms with E-state index in [9.17, 15) is 0 Å². The van der Waals surface area contributed by atoms with Crippen LogP contribution < -0.4 is 0 Å². The number of hydrogen-bond acceptors (Lipinski definition) is 1. The molecular weight excluding hydrogens is 149 g/mol. The van der Waals surface area contributed by atoms with Crippen molar-refractivity contribution < 1.29 is 5.11 Å². The first-order chi connectivity index (χ1) is 3.72. The molecule has 4 heteroatoms. The summed E-state index contributed by atoms with van der Waals surface area (Å²) >= 11 is 10.8. The highest BCUT2D eigenvalue weighted by Crippen LogP contribution is 2.29. The third kappa shape index (κ3) is 0.767. The molecule has 1 heterocycles. The summed E-state index contributed by atoms with van der Waals surface area (Å²) < 4.78 is 0. The molecular formula is C4H3Cl2NO. The van der Waals surface area contributed by atoms with Gasteiger partial charge in [0.25, 0.3) is 0 Å². The maximum Gasteiger partial charge on any atom is 0.209 e. The highest BCUT2D eigenvalue weighted by molar-refractivity contribution is 6.42. The van der Waals surface area contributed by atoms with Gasteiger partial charge in [-0.05, 0) is 0 Å². The molecule has 0 bridgehead atoms. The average molecular weight is 152 g/mol. The van der Waals surface area contributed by atoms with Crippen molar-refractivity contribution in [2.24, 2.45) is 0 Å². The molecule has 0 saturated heterocycles. The molecule has 0 radical (unpaired) electrons. The molecule has 8 heavy (non-hydrogen) atoms. The molecule has 1 aromatic rings. The number of hydrogen-bond donors (Lipinski definition) is 2. The Hall–Kier alpha value is -0.340. The average Bonchev–Trinajstić information content (AvgIpc) is 1.98. The molecule has 2 N–H and O–H groups in total. The minimum atomic E-state index is -0.0864. The van der Waals surface area contributed by atoms with E-state index in [1.165, 1.54) is 6.20 Å². The molecule has 1 rings (SSSR count). The van der Waals surface area contributed by atoms with E-state index >= 15 is 0 Å². The number of rotatable bonds is 0. The molecule has 0 fully saturated rings. The van der Waals surface area contributed by atoms with Crippen LogP contribution in [0.5, 0.6) is 5.88 Å². The largest absolute Gasteiger partial charge is 0.493 e. The van der Waals surface area contributed by atoms with E-state index in [4.69, 9.17) is 28.3 Å². The fourth-order valence-electron chi connectivity index (χ4n) is 0.372. The van der Waals surface area contributed by atoms with E-state index in [-0.39, 0.29) is 10.9 Å². The van der Waals surface area contributed by atoms with Crippen molar-refractivity contribution >= 4 is 23.2 Å². The van der Waals surface area contributed by atoms with Gasteiger partial charge in [0.05, 0.1) is 5.02 Å². The van der Waals surface area contributed by atoms with E-state index in [2.05, 4.69) is 4.98 Å². The van der Waals surface area contributed by atoms with E-state index < -0.39 is 0 Å². The number of H-pyrrole nitrogens is 1. The Kier molecular flexibility index (Phi) is 1.36. The first-order valence-corrected chi connectivity index (χ1v) is 2.68. The predicted molar refractivity (Wildman–Crippen MR) is 32.5 cm³/mol. The summed E-state index contributed by atoms with van der Waals surface area (Å²) in [6.45, 7) is 0. The van der Waals surface area contributed by atoms with Crippen LogP contribution in [0.25, 0.3) is 0 Å². The van der Waals surface area contributed by atoms with Gasteiger partial charge in [0.1, 0.15) is 5.02 Å². The molecule has 0 aliphatic carbocycles. The van der Waals surface area contributed by atoms with Crippen molar-refractivity contribution in [1.29, 1.82) is 0 Å². The van der Waals surface area contributed by atoms with Crippen LogP contribution in [0.2, 0.25) is 10.0 Å². The van der Waals surface area contributed by atoms with Crippen molar-refractivity contribution in [3.63, 3.8) is 0 Å². The maximum absolute atomic E-state index is 8.67. The zero-order valence-corrected chi connectivity index (χ0v) is 5.29. The topological polar surface area (TPSA) is 36.0 Å². The highest BCUT2D eigenvalue weighted by atomic mass is 35.5. The summed E-state index contributed by atoms with van der Waals surface area (Å²) in [5, 5.41) is 9.18. The van der Waals surface area contributed by atoms with Gasteiger partial charge in [-0.25, -0.2) is 0 Å². The van der Waals surface area contributed by atoms with Gasteiger partial charge in [-0.1, -0.05) is 23.2 Å². The van der Waals surface area contributed by atoms with Gasteiger partial charge < -0.3 is 10.1 Å². The van der Waals surface area contributed by atoms with E-state index in [0.717, 1.165) is 0 Å². The summed E-state index contributed by atoms with van der Waals surface area (Å²) in [5.74, 6) is -0.0864. The second-order valence-corrected chi connectivity index (χ2v) is 2.08. The minimum Gasteiger partial charge on any atom is -0.493 e. The van der Waals surface area contributed by atoms with E-state index in [1.54, 1.807) is 0 Å². The van der Waals surface area contributed by atoms with Crippen LogP contribution in [-0.2, 0) is 0 Å². The zero-order chi connectivity index (χ0) is 6.15. The van der Waals surface area contributed by atoms with Gasteiger partial charge in [0.2, 0.25) is 5.88 Å². The SMILES string of the molecule is Oc1[nH]cc(Cl)c1Cl. The molecule has 1 aromatic heterocycles. The van der Waals surface area contributed by atoms with Crippen molar-refractivity contribution in [2.75, 3.05) is 0 Å². The summed E-state index contributed by atoms with van der Waals surface area (Å²) in [4.78, 5) is 2.43. The van der Waals surface area contributed by atoms with Crippen molar-refractivity contribution in [2.45, 2.75) is 0 Å². The Balaban J connectivity index is 3.19. The van der Waals surface area contributed by atoms with Crippen LogP contribution >= 0.6 is 23.2 Å². The number of aromatic nitrogens is 1. The van der Waals surface area contributed by atoms with Crippen LogP contribution in [-0.4, -0.2) is 10.1 Å². The Morgan fingerprint density at radius 1 is 1.50 bits per heavy atom. The minimum absolute atomic E-state index is 0.0864. The van der Waals surface area contributed by atoms with Gasteiger partial charge in [-0.15, -0.1) is 0 Å². The lowest BCUT2D eigenvalue weighted by Crippen LogP contribution is -1.56. The lowest BCUT2D eigenvalue weighted by molar-refractivity contribution is 0.457. The Morgan fingerprint density at radius 2 is 2.12 bits per heavy atom. The van der Waals surface area contributed by atoms with Crippen LogP contribution in [0.4, 0.5) is 0 Å². The van der Waals surface area contributed by atoms with Crippen LogP contribution in [0.15, 0.2) is 6.20 Å². The Bertz CT molecular complexity index is 176. The molecule has 0 amide bonds. The maximum atomic E-state index is 8.67. The first-order valence-electron chi connectivity index (χ1n) is 1.93. The lowest BCUT2D eigenvalue weighted by Gasteiger charge is -1.80. The number of aromatic amines is 1.